The van der Waals surface area contributed by atoms with Crippen molar-refractivity contribution in [3.8, 4) is 5.75 Å². The summed E-state index contributed by atoms with van der Waals surface area (Å²) in [6, 6.07) is 9.41. The lowest BCUT2D eigenvalue weighted by molar-refractivity contribution is -0.117. The number of benzene rings is 1. The van der Waals surface area contributed by atoms with Crippen molar-refractivity contribution in [2.75, 3.05) is 26.0 Å². The van der Waals surface area contributed by atoms with E-state index in [0.29, 0.717) is 19.0 Å². The zero-order valence-corrected chi connectivity index (χ0v) is 13.5. The van der Waals surface area contributed by atoms with Crippen LogP contribution in [0.5, 0.6) is 5.75 Å². The molecule has 6 nitrogen and oxygen atoms in total. The zero-order chi connectivity index (χ0) is 16.2. The second-order valence-corrected chi connectivity index (χ2v) is 6.04. The summed E-state index contributed by atoms with van der Waals surface area (Å²) in [6.07, 6.45) is 2.48. The Balaban J connectivity index is 1.47. The summed E-state index contributed by atoms with van der Waals surface area (Å²) in [7, 11) is 3.54. The number of nitrogens with one attached hydrogen (secondary N) is 2. The van der Waals surface area contributed by atoms with E-state index < -0.39 is 0 Å². The standard InChI is InChI=1S/C17H22N4O2/c1-21(10-14-9-16(20-19-14)12-3-4-12)11-17(22)18-13-5-7-15(23-2)8-6-13/h5-9,12H,3-4,10-11H2,1-2H3,(H,18,22)(H,19,20). The molecule has 0 aliphatic heterocycles. The molecule has 1 fully saturated rings. The minimum Gasteiger partial charge on any atom is -0.497 e. The molecule has 0 spiro atoms. The van der Waals surface area contributed by atoms with Gasteiger partial charge in [0.25, 0.3) is 0 Å². The molecule has 0 unspecified atom stereocenters. The van der Waals surface area contributed by atoms with Crippen molar-refractivity contribution in [2.45, 2.75) is 25.3 Å². The maximum absolute atomic E-state index is 12.1. The predicted octanol–water partition coefficient (Wildman–Crippen LogP) is 2.37. The molecule has 1 amide bonds. The molecular formula is C17H22N4O2. The lowest BCUT2D eigenvalue weighted by Gasteiger charge is -2.15. The van der Waals surface area contributed by atoms with Crippen molar-refractivity contribution < 1.29 is 9.53 Å². The molecule has 2 aromatic rings. The Morgan fingerprint density at radius 1 is 1.39 bits per heavy atom. The maximum Gasteiger partial charge on any atom is 0.238 e. The van der Waals surface area contributed by atoms with Gasteiger partial charge in [-0.15, -0.1) is 0 Å². The van der Waals surface area contributed by atoms with Crippen molar-refractivity contribution in [1.82, 2.24) is 15.1 Å². The Morgan fingerprint density at radius 3 is 2.78 bits per heavy atom. The number of carbonyl (C=O) groups excluding carboxylic acids is 1. The highest BCUT2D eigenvalue weighted by Gasteiger charge is 2.26. The van der Waals surface area contributed by atoms with Crippen molar-refractivity contribution in [1.29, 1.82) is 0 Å². The van der Waals surface area contributed by atoms with Crippen LogP contribution in [0.3, 0.4) is 0 Å². The number of aromatic nitrogens is 2. The highest BCUT2D eigenvalue weighted by molar-refractivity contribution is 5.92. The second kappa shape index (κ2) is 6.83. The van der Waals surface area contributed by atoms with Gasteiger partial charge < -0.3 is 10.1 Å². The minimum absolute atomic E-state index is 0.0420. The highest BCUT2D eigenvalue weighted by Crippen LogP contribution is 2.39. The molecule has 0 radical (unpaired) electrons. The van der Waals surface area contributed by atoms with E-state index in [1.807, 2.05) is 36.2 Å². The second-order valence-electron chi connectivity index (χ2n) is 6.04. The molecule has 0 atom stereocenters. The average Bonchev–Trinajstić information content (AvgIpc) is 3.28. The summed E-state index contributed by atoms with van der Waals surface area (Å²) in [5.41, 5.74) is 2.96. The predicted molar refractivity (Wildman–Crippen MR) is 88.5 cm³/mol. The van der Waals surface area contributed by atoms with E-state index in [1.54, 1.807) is 7.11 Å². The van der Waals surface area contributed by atoms with Gasteiger partial charge in [0.15, 0.2) is 0 Å². The Hall–Kier alpha value is -2.34. The number of likely N-dealkylation sites (N-methyl/N-ethyl adjacent to an activating group) is 1. The Bertz CT molecular complexity index is 661. The van der Waals surface area contributed by atoms with Crippen LogP contribution in [0.25, 0.3) is 0 Å². The molecule has 1 saturated carbocycles. The van der Waals surface area contributed by atoms with E-state index in [-0.39, 0.29) is 5.91 Å². The van der Waals surface area contributed by atoms with Gasteiger partial charge in [0.2, 0.25) is 5.91 Å². The number of nitrogens with zero attached hydrogens (tertiary/aromatic N) is 2. The number of amides is 1. The summed E-state index contributed by atoms with van der Waals surface area (Å²) in [5.74, 6) is 1.37. The first kappa shape index (κ1) is 15.6. The third-order valence-corrected chi connectivity index (χ3v) is 3.87. The zero-order valence-electron chi connectivity index (χ0n) is 13.5. The number of anilines is 1. The fourth-order valence-corrected chi connectivity index (χ4v) is 2.52. The lowest BCUT2D eigenvalue weighted by atomic mass is 10.2. The number of ether oxygens (including phenoxy) is 1. The number of rotatable bonds is 7. The molecule has 6 heteroatoms. The van der Waals surface area contributed by atoms with E-state index in [2.05, 4.69) is 21.6 Å². The van der Waals surface area contributed by atoms with Crippen LogP contribution in [0.15, 0.2) is 30.3 Å². The molecule has 3 rings (SSSR count). The molecule has 0 saturated heterocycles. The third kappa shape index (κ3) is 4.32. The smallest absolute Gasteiger partial charge is 0.238 e. The lowest BCUT2D eigenvalue weighted by Crippen LogP contribution is -2.29. The van der Waals surface area contributed by atoms with Crippen LogP contribution in [-0.2, 0) is 11.3 Å². The molecule has 0 bridgehead atoms. The number of aromatic amines is 1. The maximum atomic E-state index is 12.1. The first-order valence-electron chi connectivity index (χ1n) is 7.80. The topological polar surface area (TPSA) is 70.2 Å². The van der Waals surface area contributed by atoms with Crippen LogP contribution < -0.4 is 10.1 Å². The number of hydrogen-bond acceptors (Lipinski definition) is 4. The molecule has 122 valence electrons. The Morgan fingerprint density at radius 2 is 2.13 bits per heavy atom. The van der Waals surface area contributed by atoms with Gasteiger partial charge in [-0.05, 0) is 50.2 Å². The van der Waals surface area contributed by atoms with Crippen molar-refractivity contribution in [3.05, 3.63) is 41.7 Å². The van der Waals surface area contributed by atoms with Crippen LogP contribution in [-0.4, -0.2) is 41.7 Å². The third-order valence-electron chi connectivity index (χ3n) is 3.87. The van der Waals surface area contributed by atoms with E-state index in [0.717, 1.165) is 22.8 Å². The highest BCUT2D eigenvalue weighted by atomic mass is 16.5. The molecule has 1 aromatic heterocycles. The van der Waals surface area contributed by atoms with Crippen molar-refractivity contribution in [3.63, 3.8) is 0 Å². The van der Waals surface area contributed by atoms with E-state index in [1.165, 1.54) is 12.8 Å². The van der Waals surface area contributed by atoms with Gasteiger partial charge in [-0.1, -0.05) is 0 Å². The summed E-state index contributed by atoms with van der Waals surface area (Å²) in [4.78, 5) is 14.0. The molecular weight excluding hydrogens is 292 g/mol. The molecule has 1 aliphatic carbocycles. The van der Waals surface area contributed by atoms with Gasteiger partial charge in [-0.3, -0.25) is 14.8 Å². The summed E-state index contributed by atoms with van der Waals surface area (Å²) < 4.78 is 5.10. The van der Waals surface area contributed by atoms with Gasteiger partial charge in [0.05, 0.1) is 19.3 Å². The minimum atomic E-state index is -0.0420. The molecule has 1 heterocycles. The van der Waals surface area contributed by atoms with Crippen molar-refractivity contribution in [2.24, 2.45) is 0 Å². The van der Waals surface area contributed by atoms with Crippen LogP contribution in [0, 0.1) is 0 Å². The molecule has 23 heavy (non-hydrogen) atoms. The van der Waals surface area contributed by atoms with Gasteiger partial charge in [0.1, 0.15) is 5.75 Å². The van der Waals surface area contributed by atoms with E-state index >= 15 is 0 Å². The van der Waals surface area contributed by atoms with Crippen LogP contribution in [0.4, 0.5) is 5.69 Å². The van der Waals surface area contributed by atoms with Gasteiger partial charge in [0, 0.05) is 23.8 Å². The number of H-pyrrole nitrogens is 1. The normalized spacial score (nSPS) is 14.0. The van der Waals surface area contributed by atoms with Gasteiger partial charge >= 0.3 is 0 Å². The molecule has 1 aromatic carbocycles. The van der Waals surface area contributed by atoms with Crippen LogP contribution in [0.2, 0.25) is 0 Å². The van der Waals surface area contributed by atoms with E-state index in [9.17, 15) is 4.79 Å². The quantitative estimate of drug-likeness (QED) is 0.823. The fourth-order valence-electron chi connectivity index (χ4n) is 2.52. The van der Waals surface area contributed by atoms with Crippen LogP contribution >= 0.6 is 0 Å². The van der Waals surface area contributed by atoms with Crippen molar-refractivity contribution >= 4 is 11.6 Å². The largest absolute Gasteiger partial charge is 0.497 e. The fraction of sp³-hybridized carbons (Fsp3) is 0.412. The summed E-state index contributed by atoms with van der Waals surface area (Å²) in [5, 5.41) is 10.3. The monoisotopic (exact) mass is 314 g/mol. The average molecular weight is 314 g/mol. The first-order valence-corrected chi connectivity index (χ1v) is 7.80. The SMILES string of the molecule is COc1ccc(NC(=O)CN(C)Cc2cc(C3CC3)n[nH]2)cc1. The summed E-state index contributed by atoms with van der Waals surface area (Å²) >= 11 is 0. The van der Waals surface area contributed by atoms with E-state index in [4.69, 9.17) is 4.74 Å². The number of hydrogen-bond donors (Lipinski definition) is 2. The number of carbonyl (C=O) groups is 1. The first-order chi connectivity index (χ1) is 11.1. The van der Waals surface area contributed by atoms with Crippen LogP contribution in [0.1, 0.15) is 30.1 Å². The Labute approximate surface area is 135 Å². The van der Waals surface area contributed by atoms with Gasteiger partial charge in [-0.2, -0.15) is 5.10 Å². The molecule has 1 aliphatic rings. The Kier molecular flexibility index (Phi) is 4.62. The number of methoxy groups -OCH3 is 1. The summed E-state index contributed by atoms with van der Waals surface area (Å²) in [6.45, 7) is 1.000. The molecule has 2 N–H and O–H groups in total. The van der Waals surface area contributed by atoms with Gasteiger partial charge in [-0.25, -0.2) is 0 Å².